The summed E-state index contributed by atoms with van der Waals surface area (Å²) in [6.45, 7) is 0. The second-order valence-corrected chi connectivity index (χ2v) is 4.75. The molecular formula is C15H11BrO4. The molecule has 0 radical (unpaired) electrons. The summed E-state index contributed by atoms with van der Waals surface area (Å²) >= 11 is 3.30. The molecule has 20 heavy (non-hydrogen) atoms. The van der Waals surface area contributed by atoms with Gasteiger partial charge in [-0.15, -0.1) is 0 Å². The molecular weight excluding hydrogens is 324 g/mol. The van der Waals surface area contributed by atoms with E-state index in [9.17, 15) is 9.59 Å². The predicted molar refractivity (Wildman–Crippen MR) is 77.5 cm³/mol. The van der Waals surface area contributed by atoms with Gasteiger partial charge < -0.3 is 9.47 Å². The lowest BCUT2D eigenvalue weighted by atomic mass is 10.2. The van der Waals surface area contributed by atoms with E-state index in [-0.39, 0.29) is 5.75 Å². The van der Waals surface area contributed by atoms with Crippen LogP contribution in [0, 0.1) is 0 Å². The summed E-state index contributed by atoms with van der Waals surface area (Å²) in [6.07, 6.45) is 0.645. The number of methoxy groups -OCH3 is 1. The zero-order valence-corrected chi connectivity index (χ0v) is 12.2. The standard InChI is InChI=1S/C15H11BrO4/c1-19-14-7-6-10(8-12(14)16)15(18)20-13-5-3-2-4-11(13)9-17/h2-9H,1H3. The largest absolute Gasteiger partial charge is 0.496 e. The Labute approximate surface area is 124 Å². The summed E-state index contributed by atoms with van der Waals surface area (Å²) in [6, 6.07) is 11.4. The van der Waals surface area contributed by atoms with Crippen molar-refractivity contribution in [3.8, 4) is 11.5 Å². The van der Waals surface area contributed by atoms with E-state index >= 15 is 0 Å². The van der Waals surface area contributed by atoms with Crippen molar-refractivity contribution in [2.24, 2.45) is 0 Å². The number of benzene rings is 2. The minimum absolute atomic E-state index is 0.236. The van der Waals surface area contributed by atoms with E-state index in [2.05, 4.69) is 15.9 Å². The summed E-state index contributed by atoms with van der Waals surface area (Å²) in [5.74, 6) is 0.317. The Balaban J connectivity index is 2.24. The van der Waals surface area contributed by atoms with Gasteiger partial charge in [0, 0.05) is 0 Å². The number of para-hydroxylation sites is 1. The first-order valence-electron chi connectivity index (χ1n) is 5.75. The molecule has 0 heterocycles. The van der Waals surface area contributed by atoms with Crippen LogP contribution in [0.15, 0.2) is 46.9 Å². The first-order chi connectivity index (χ1) is 9.65. The molecule has 0 bridgehead atoms. The van der Waals surface area contributed by atoms with Gasteiger partial charge in [0.2, 0.25) is 0 Å². The van der Waals surface area contributed by atoms with Gasteiger partial charge >= 0.3 is 5.97 Å². The zero-order chi connectivity index (χ0) is 14.5. The topological polar surface area (TPSA) is 52.6 Å². The molecule has 2 aromatic carbocycles. The van der Waals surface area contributed by atoms with Crippen LogP contribution in [0.25, 0.3) is 0 Å². The summed E-state index contributed by atoms with van der Waals surface area (Å²) < 4.78 is 11.0. The van der Waals surface area contributed by atoms with Gasteiger partial charge in [0.05, 0.1) is 22.7 Å². The number of rotatable bonds is 4. The van der Waals surface area contributed by atoms with E-state index in [0.29, 0.717) is 27.6 Å². The number of halogens is 1. The quantitative estimate of drug-likeness (QED) is 0.488. The highest BCUT2D eigenvalue weighted by Crippen LogP contribution is 2.26. The smallest absolute Gasteiger partial charge is 0.343 e. The lowest BCUT2D eigenvalue weighted by Gasteiger charge is -2.08. The molecule has 2 rings (SSSR count). The van der Waals surface area contributed by atoms with Crippen molar-refractivity contribution in [2.75, 3.05) is 7.11 Å². The van der Waals surface area contributed by atoms with Crippen LogP contribution in [-0.4, -0.2) is 19.4 Å². The lowest BCUT2D eigenvalue weighted by Crippen LogP contribution is -2.09. The van der Waals surface area contributed by atoms with Crippen LogP contribution in [-0.2, 0) is 0 Å². The van der Waals surface area contributed by atoms with Gasteiger partial charge in [-0.25, -0.2) is 4.79 Å². The molecule has 0 aliphatic rings. The molecule has 0 aromatic heterocycles. The van der Waals surface area contributed by atoms with Crippen LogP contribution in [0.3, 0.4) is 0 Å². The fraction of sp³-hybridized carbons (Fsp3) is 0.0667. The molecule has 0 atom stereocenters. The number of hydrogen-bond acceptors (Lipinski definition) is 4. The van der Waals surface area contributed by atoms with Crippen LogP contribution >= 0.6 is 15.9 Å². The Morgan fingerprint density at radius 3 is 2.55 bits per heavy atom. The molecule has 4 nitrogen and oxygen atoms in total. The Bertz CT molecular complexity index is 652. The van der Waals surface area contributed by atoms with Gasteiger partial charge in [0.1, 0.15) is 11.5 Å². The molecule has 0 aliphatic heterocycles. The Kier molecular flexibility index (Phi) is 4.53. The van der Waals surface area contributed by atoms with Gasteiger partial charge in [-0.2, -0.15) is 0 Å². The van der Waals surface area contributed by atoms with E-state index in [0.717, 1.165) is 0 Å². The van der Waals surface area contributed by atoms with Crippen LogP contribution in [0.1, 0.15) is 20.7 Å². The molecule has 0 unspecified atom stereocenters. The maximum absolute atomic E-state index is 12.0. The Morgan fingerprint density at radius 1 is 1.15 bits per heavy atom. The second-order valence-electron chi connectivity index (χ2n) is 3.89. The number of ether oxygens (including phenoxy) is 2. The third-order valence-electron chi connectivity index (χ3n) is 2.64. The van der Waals surface area contributed by atoms with Crippen molar-refractivity contribution in [1.29, 1.82) is 0 Å². The fourth-order valence-electron chi connectivity index (χ4n) is 1.62. The summed E-state index contributed by atoms with van der Waals surface area (Å²) in [5, 5.41) is 0. The van der Waals surface area contributed by atoms with E-state index in [1.54, 1.807) is 49.6 Å². The van der Waals surface area contributed by atoms with Crippen molar-refractivity contribution in [3.63, 3.8) is 0 Å². The first-order valence-corrected chi connectivity index (χ1v) is 6.55. The summed E-state index contributed by atoms with van der Waals surface area (Å²) in [4.78, 5) is 22.9. The van der Waals surface area contributed by atoms with Crippen molar-refractivity contribution in [1.82, 2.24) is 0 Å². The molecule has 5 heteroatoms. The summed E-state index contributed by atoms with van der Waals surface area (Å²) in [5.41, 5.74) is 0.687. The molecule has 2 aromatic rings. The highest BCUT2D eigenvalue weighted by atomic mass is 79.9. The fourth-order valence-corrected chi connectivity index (χ4v) is 2.16. The molecule has 0 aliphatic carbocycles. The van der Waals surface area contributed by atoms with Crippen molar-refractivity contribution in [2.45, 2.75) is 0 Å². The number of hydrogen-bond donors (Lipinski definition) is 0. The van der Waals surface area contributed by atoms with Gasteiger partial charge in [0.25, 0.3) is 0 Å². The molecule has 0 saturated heterocycles. The third-order valence-corrected chi connectivity index (χ3v) is 3.26. The van der Waals surface area contributed by atoms with Gasteiger partial charge in [-0.3, -0.25) is 4.79 Å². The van der Waals surface area contributed by atoms with E-state index in [4.69, 9.17) is 9.47 Å². The predicted octanol–water partition coefficient (Wildman–Crippen LogP) is 3.49. The molecule has 0 spiro atoms. The second kappa shape index (κ2) is 6.34. The SMILES string of the molecule is COc1ccc(C(=O)Oc2ccccc2C=O)cc1Br. The van der Waals surface area contributed by atoms with Crippen LogP contribution in [0.4, 0.5) is 0 Å². The highest BCUT2D eigenvalue weighted by Gasteiger charge is 2.13. The Morgan fingerprint density at radius 2 is 1.90 bits per heavy atom. The van der Waals surface area contributed by atoms with Crippen LogP contribution in [0.5, 0.6) is 11.5 Å². The maximum atomic E-state index is 12.0. The van der Waals surface area contributed by atoms with Gasteiger partial charge in [-0.1, -0.05) is 12.1 Å². The Hall–Kier alpha value is -2.14. The van der Waals surface area contributed by atoms with E-state index in [1.165, 1.54) is 0 Å². The van der Waals surface area contributed by atoms with Crippen LogP contribution in [0.2, 0.25) is 0 Å². The molecule has 102 valence electrons. The average Bonchev–Trinajstić information content (AvgIpc) is 2.47. The monoisotopic (exact) mass is 334 g/mol. The number of aldehydes is 1. The van der Waals surface area contributed by atoms with Crippen molar-refractivity contribution >= 4 is 28.2 Å². The van der Waals surface area contributed by atoms with Crippen LogP contribution < -0.4 is 9.47 Å². The maximum Gasteiger partial charge on any atom is 0.343 e. The number of esters is 1. The van der Waals surface area contributed by atoms with Crippen molar-refractivity contribution < 1.29 is 19.1 Å². The third kappa shape index (κ3) is 3.05. The highest BCUT2D eigenvalue weighted by molar-refractivity contribution is 9.10. The zero-order valence-electron chi connectivity index (χ0n) is 10.6. The lowest BCUT2D eigenvalue weighted by molar-refractivity contribution is 0.0733. The molecule has 0 amide bonds. The average molecular weight is 335 g/mol. The van der Waals surface area contributed by atoms with Gasteiger partial charge in [-0.05, 0) is 46.3 Å². The normalized spacial score (nSPS) is 9.90. The minimum atomic E-state index is -0.539. The molecule has 0 N–H and O–H groups in total. The molecule has 0 fully saturated rings. The van der Waals surface area contributed by atoms with E-state index in [1.807, 2.05) is 0 Å². The van der Waals surface area contributed by atoms with Gasteiger partial charge in [0.15, 0.2) is 6.29 Å². The van der Waals surface area contributed by atoms with Crippen molar-refractivity contribution in [3.05, 3.63) is 58.1 Å². The number of carbonyl (C=O) groups excluding carboxylic acids is 2. The number of carbonyl (C=O) groups is 2. The summed E-state index contributed by atoms with van der Waals surface area (Å²) in [7, 11) is 1.54. The van der Waals surface area contributed by atoms with E-state index < -0.39 is 5.97 Å². The molecule has 0 saturated carbocycles. The minimum Gasteiger partial charge on any atom is -0.496 e. The first kappa shape index (κ1) is 14.3.